The molecule has 0 aliphatic carbocycles. The number of rotatable bonds is 7. The lowest BCUT2D eigenvalue weighted by atomic mass is 9.94. The highest BCUT2D eigenvalue weighted by atomic mass is 16.4. The van der Waals surface area contributed by atoms with Crippen LogP contribution < -0.4 is 5.32 Å². The summed E-state index contributed by atoms with van der Waals surface area (Å²) in [5, 5.41) is 12.8. The van der Waals surface area contributed by atoms with Gasteiger partial charge >= 0.3 is 5.97 Å². The van der Waals surface area contributed by atoms with Crippen LogP contribution in [-0.2, 0) is 19.2 Å². The molecule has 0 aromatic rings. The van der Waals surface area contributed by atoms with E-state index < -0.39 is 23.8 Å². The molecular weight excluding hydrogens is 324 g/mol. The maximum Gasteiger partial charge on any atom is 0.326 e. The van der Waals surface area contributed by atoms with Gasteiger partial charge in [0, 0.05) is 36.9 Å². The molecule has 0 radical (unpaired) electrons. The van der Waals surface area contributed by atoms with Gasteiger partial charge in [-0.25, -0.2) is 4.79 Å². The fourth-order valence-electron chi connectivity index (χ4n) is 4.09. The maximum absolute atomic E-state index is 12.5. The average Bonchev–Trinajstić information content (AvgIpc) is 3.07. The quantitative estimate of drug-likeness (QED) is 0.669. The van der Waals surface area contributed by atoms with Crippen molar-refractivity contribution in [3.8, 4) is 0 Å². The van der Waals surface area contributed by atoms with Crippen molar-refractivity contribution in [2.24, 2.45) is 0 Å². The average molecular weight is 348 g/mol. The van der Waals surface area contributed by atoms with E-state index in [1.165, 1.54) is 0 Å². The van der Waals surface area contributed by atoms with Crippen molar-refractivity contribution in [2.45, 2.75) is 75.9 Å². The van der Waals surface area contributed by atoms with Gasteiger partial charge in [-0.15, -0.1) is 0 Å². The van der Waals surface area contributed by atoms with Gasteiger partial charge in [-0.3, -0.25) is 19.3 Å². The lowest BCUT2D eigenvalue weighted by Gasteiger charge is -2.22. The summed E-state index contributed by atoms with van der Waals surface area (Å²) >= 11 is 0. The zero-order chi connectivity index (χ0) is 18.0. The van der Waals surface area contributed by atoms with E-state index in [0.717, 1.165) is 36.2 Å². The molecule has 2 fully saturated rings. The fourth-order valence-corrected chi connectivity index (χ4v) is 4.09. The molecule has 25 heavy (non-hydrogen) atoms. The largest absolute Gasteiger partial charge is 0.480 e. The summed E-state index contributed by atoms with van der Waals surface area (Å²) in [7, 11) is 0. The number of aliphatic carboxylic acids is 1. The Morgan fingerprint density at radius 3 is 2.60 bits per heavy atom. The molecule has 136 valence electrons. The highest BCUT2D eigenvalue weighted by Crippen LogP contribution is 2.28. The number of Topliss-reactive ketones (excluding diaryl/α,β-unsaturated/α-hetero) is 1. The second-order valence-electron chi connectivity index (χ2n) is 7.06. The van der Waals surface area contributed by atoms with Crippen molar-refractivity contribution in [2.75, 3.05) is 0 Å². The van der Waals surface area contributed by atoms with Crippen molar-refractivity contribution in [3.05, 3.63) is 11.6 Å². The van der Waals surface area contributed by atoms with Gasteiger partial charge in [0.15, 0.2) is 5.78 Å². The molecule has 3 atom stereocenters. The molecule has 3 rings (SSSR count). The number of imide groups is 1. The number of allylic oxidation sites excluding steroid dienone is 1. The van der Waals surface area contributed by atoms with Crippen molar-refractivity contribution in [1.29, 1.82) is 0 Å². The van der Waals surface area contributed by atoms with Crippen LogP contribution in [0, 0.1) is 0 Å². The summed E-state index contributed by atoms with van der Waals surface area (Å²) in [6, 6.07) is -0.542. The predicted octanol–water partition coefficient (Wildman–Crippen LogP) is 1.17. The molecule has 0 aromatic carbocycles. The molecule has 0 spiro atoms. The monoisotopic (exact) mass is 348 g/mol. The Bertz CT molecular complexity index is 611. The van der Waals surface area contributed by atoms with Gasteiger partial charge < -0.3 is 10.4 Å². The van der Waals surface area contributed by atoms with Crippen LogP contribution in [0.25, 0.3) is 0 Å². The Morgan fingerprint density at radius 2 is 1.92 bits per heavy atom. The van der Waals surface area contributed by atoms with Gasteiger partial charge in [-0.05, 0) is 38.5 Å². The fraction of sp³-hybridized carbons (Fsp3) is 0.667. The van der Waals surface area contributed by atoms with Crippen LogP contribution in [-0.4, -0.2) is 51.7 Å². The molecular formula is C18H24N2O5. The maximum atomic E-state index is 12.5. The number of nitrogens with one attached hydrogen (secondary N) is 1. The first-order chi connectivity index (χ1) is 12.0. The van der Waals surface area contributed by atoms with Gasteiger partial charge in [0.05, 0.1) is 0 Å². The number of ketones is 1. The second kappa shape index (κ2) is 7.47. The summed E-state index contributed by atoms with van der Waals surface area (Å²) in [6.07, 6.45) is 6.87. The van der Waals surface area contributed by atoms with Gasteiger partial charge in [0.2, 0.25) is 11.8 Å². The third-order valence-corrected chi connectivity index (χ3v) is 5.39. The number of hydrogen-bond acceptors (Lipinski definition) is 5. The van der Waals surface area contributed by atoms with Gasteiger partial charge in [-0.2, -0.15) is 0 Å². The molecule has 7 heteroatoms. The smallest absolute Gasteiger partial charge is 0.326 e. The van der Waals surface area contributed by atoms with E-state index in [9.17, 15) is 24.3 Å². The van der Waals surface area contributed by atoms with E-state index >= 15 is 0 Å². The molecule has 7 nitrogen and oxygen atoms in total. The van der Waals surface area contributed by atoms with Crippen LogP contribution in [0.5, 0.6) is 0 Å². The Labute approximate surface area is 146 Å². The van der Waals surface area contributed by atoms with Gasteiger partial charge in [0.1, 0.15) is 6.04 Å². The zero-order valence-electron chi connectivity index (χ0n) is 14.2. The number of fused-ring (bicyclic) bond motifs is 2. The summed E-state index contributed by atoms with van der Waals surface area (Å²) in [5.74, 6) is -2.01. The number of carboxylic acid groups (broad SMARTS) is 1. The topological polar surface area (TPSA) is 104 Å². The van der Waals surface area contributed by atoms with Crippen LogP contribution in [0.2, 0.25) is 0 Å². The second-order valence-corrected chi connectivity index (χ2v) is 7.06. The molecule has 0 saturated carbocycles. The number of carboxylic acids is 1. The number of amides is 2. The van der Waals surface area contributed by atoms with Crippen molar-refractivity contribution in [3.63, 3.8) is 0 Å². The van der Waals surface area contributed by atoms with E-state index in [0.29, 0.717) is 12.5 Å². The van der Waals surface area contributed by atoms with Gasteiger partial charge in [0.25, 0.3) is 0 Å². The zero-order valence-corrected chi connectivity index (χ0v) is 14.2. The molecule has 2 saturated heterocycles. The molecule has 2 bridgehead atoms. The number of likely N-dealkylation sites (tertiary alicyclic amines) is 1. The van der Waals surface area contributed by atoms with Crippen molar-refractivity contribution in [1.82, 2.24) is 10.2 Å². The molecule has 0 aromatic heterocycles. The molecule has 3 heterocycles. The van der Waals surface area contributed by atoms with Crippen LogP contribution in [0.4, 0.5) is 0 Å². The molecule has 3 unspecified atom stereocenters. The minimum Gasteiger partial charge on any atom is -0.480 e. The number of hydrogen-bond donors (Lipinski definition) is 2. The van der Waals surface area contributed by atoms with E-state index in [4.69, 9.17) is 0 Å². The first kappa shape index (κ1) is 17.8. The third kappa shape index (κ3) is 3.81. The van der Waals surface area contributed by atoms with Crippen molar-refractivity contribution < 1.29 is 24.3 Å². The minimum absolute atomic E-state index is 0.0447. The third-order valence-electron chi connectivity index (χ3n) is 5.39. The summed E-state index contributed by atoms with van der Waals surface area (Å²) in [5.41, 5.74) is 0.820. The van der Waals surface area contributed by atoms with E-state index in [-0.39, 0.29) is 37.5 Å². The Morgan fingerprint density at radius 1 is 1.20 bits per heavy atom. The summed E-state index contributed by atoms with van der Waals surface area (Å²) in [6.45, 7) is 0. The highest BCUT2D eigenvalue weighted by molar-refractivity contribution is 6.04. The SMILES string of the molecule is O=C(CCCC(C(=O)O)N1C(=O)CCC1=O)C1=CCCC2CCC1N2. The van der Waals surface area contributed by atoms with E-state index in [1.807, 2.05) is 6.08 Å². The Hall–Kier alpha value is -2.02. The Kier molecular flexibility index (Phi) is 5.32. The van der Waals surface area contributed by atoms with E-state index in [1.54, 1.807) is 0 Å². The first-order valence-electron chi connectivity index (χ1n) is 9.04. The standard InChI is InChI=1S/C18H24N2O5/c21-15(12-4-1-3-11-7-8-13(12)19-11)6-2-5-14(18(24)25)20-16(22)9-10-17(20)23/h4,11,13-14,19H,1-3,5-10H2,(H,24,25). The predicted molar refractivity (Wildman–Crippen MR) is 88.6 cm³/mol. The molecule has 3 aliphatic rings. The minimum atomic E-state index is -1.19. The first-order valence-corrected chi connectivity index (χ1v) is 9.04. The number of carbonyl (C=O) groups is 4. The normalized spacial score (nSPS) is 27.2. The Balaban J connectivity index is 1.56. The summed E-state index contributed by atoms with van der Waals surface area (Å²) in [4.78, 5) is 48.4. The highest BCUT2D eigenvalue weighted by Gasteiger charge is 2.38. The van der Waals surface area contributed by atoms with Crippen LogP contribution in [0.15, 0.2) is 11.6 Å². The van der Waals surface area contributed by atoms with Crippen LogP contribution in [0.3, 0.4) is 0 Å². The molecule has 3 aliphatic heterocycles. The molecule has 2 N–H and O–H groups in total. The lowest BCUT2D eigenvalue weighted by Crippen LogP contribution is -2.44. The number of nitrogens with zero attached hydrogens (tertiary/aromatic N) is 1. The molecule has 2 amide bonds. The number of carbonyl (C=O) groups excluding carboxylic acids is 3. The van der Waals surface area contributed by atoms with Gasteiger partial charge in [-0.1, -0.05) is 6.08 Å². The van der Waals surface area contributed by atoms with Crippen molar-refractivity contribution >= 4 is 23.6 Å². The van der Waals surface area contributed by atoms with E-state index in [2.05, 4.69) is 5.32 Å². The van der Waals surface area contributed by atoms with Crippen LogP contribution in [0.1, 0.15) is 57.8 Å². The lowest BCUT2D eigenvalue weighted by molar-refractivity contribution is -0.154. The summed E-state index contributed by atoms with van der Waals surface area (Å²) < 4.78 is 0. The van der Waals surface area contributed by atoms with Crippen LogP contribution >= 0.6 is 0 Å².